The van der Waals surface area contributed by atoms with E-state index in [4.69, 9.17) is 0 Å². The van der Waals surface area contributed by atoms with Crippen LogP contribution < -0.4 is 5.32 Å². The molecule has 0 aromatic carbocycles. The molecule has 0 spiro atoms. The maximum absolute atomic E-state index is 12.4. The fourth-order valence-electron chi connectivity index (χ4n) is 3.31. The molecule has 0 bridgehead atoms. The van der Waals surface area contributed by atoms with Gasteiger partial charge in [0.2, 0.25) is 0 Å². The van der Waals surface area contributed by atoms with E-state index in [9.17, 15) is 13.2 Å². The van der Waals surface area contributed by atoms with Crippen molar-refractivity contribution in [2.24, 2.45) is 5.92 Å². The molecule has 2 amide bonds. The van der Waals surface area contributed by atoms with Crippen molar-refractivity contribution in [2.45, 2.75) is 25.3 Å². The molecule has 22 heavy (non-hydrogen) atoms. The number of amides is 2. The lowest BCUT2D eigenvalue weighted by Gasteiger charge is -2.25. The highest BCUT2D eigenvalue weighted by Gasteiger charge is 2.32. The quantitative estimate of drug-likeness (QED) is 0.911. The Morgan fingerprint density at radius 3 is 2.77 bits per heavy atom. The Morgan fingerprint density at radius 2 is 2.09 bits per heavy atom. The number of hydrogen-bond acceptors (Lipinski definition) is 4. The van der Waals surface area contributed by atoms with Crippen molar-refractivity contribution in [1.29, 1.82) is 0 Å². The Morgan fingerprint density at radius 1 is 1.32 bits per heavy atom. The van der Waals surface area contributed by atoms with Gasteiger partial charge in [-0.1, -0.05) is 0 Å². The summed E-state index contributed by atoms with van der Waals surface area (Å²) in [7, 11) is -2.89. The zero-order valence-corrected chi connectivity index (χ0v) is 13.3. The number of likely N-dealkylation sites (tertiary alicyclic amines) is 1. The molecule has 0 aliphatic carbocycles. The first kappa shape index (κ1) is 15.3. The van der Waals surface area contributed by atoms with Gasteiger partial charge in [-0.2, -0.15) is 0 Å². The number of pyridine rings is 1. The van der Waals surface area contributed by atoms with Crippen molar-refractivity contribution in [1.82, 2.24) is 15.2 Å². The van der Waals surface area contributed by atoms with Crippen molar-refractivity contribution >= 4 is 15.9 Å². The van der Waals surface area contributed by atoms with Crippen molar-refractivity contribution in [2.75, 3.05) is 24.6 Å². The van der Waals surface area contributed by atoms with Gasteiger partial charge in [0.15, 0.2) is 9.84 Å². The molecule has 2 aliphatic heterocycles. The third-order valence-corrected chi connectivity index (χ3v) is 6.31. The van der Waals surface area contributed by atoms with Crippen LogP contribution in [0.4, 0.5) is 4.79 Å². The van der Waals surface area contributed by atoms with Gasteiger partial charge in [-0.05, 0) is 42.9 Å². The Bertz CT molecular complexity index is 633. The van der Waals surface area contributed by atoms with Gasteiger partial charge in [0.1, 0.15) is 0 Å². The molecule has 120 valence electrons. The molecule has 1 N–H and O–H groups in total. The summed E-state index contributed by atoms with van der Waals surface area (Å²) in [5, 5.41) is 2.91. The summed E-state index contributed by atoms with van der Waals surface area (Å²) in [4.78, 5) is 18.3. The number of carbonyl (C=O) groups excluding carboxylic acids is 1. The monoisotopic (exact) mass is 323 g/mol. The van der Waals surface area contributed by atoms with Crippen LogP contribution in [0.1, 0.15) is 30.9 Å². The second kappa shape index (κ2) is 6.24. The number of urea groups is 1. The van der Waals surface area contributed by atoms with Crippen LogP contribution in [-0.4, -0.2) is 48.9 Å². The molecular formula is C15H21N3O3S. The zero-order chi connectivity index (χ0) is 15.6. The van der Waals surface area contributed by atoms with Crippen molar-refractivity contribution in [3.8, 4) is 0 Å². The van der Waals surface area contributed by atoms with Crippen LogP contribution in [0, 0.1) is 5.92 Å². The summed E-state index contributed by atoms with van der Waals surface area (Å²) in [6, 6.07) is 3.89. The Balaban J connectivity index is 1.58. The van der Waals surface area contributed by atoms with E-state index in [0.717, 1.165) is 24.9 Å². The molecule has 1 aromatic heterocycles. The van der Waals surface area contributed by atoms with Crippen molar-refractivity contribution in [3.05, 3.63) is 30.1 Å². The molecule has 3 heterocycles. The first-order chi connectivity index (χ1) is 10.6. The van der Waals surface area contributed by atoms with E-state index in [2.05, 4.69) is 10.3 Å². The highest BCUT2D eigenvalue weighted by Crippen LogP contribution is 2.31. The van der Waals surface area contributed by atoms with Gasteiger partial charge in [0, 0.05) is 25.5 Å². The molecule has 1 aromatic rings. The van der Waals surface area contributed by atoms with E-state index < -0.39 is 9.84 Å². The molecule has 2 fully saturated rings. The zero-order valence-electron chi connectivity index (χ0n) is 12.4. The van der Waals surface area contributed by atoms with Crippen LogP contribution in [0.15, 0.2) is 24.5 Å². The molecule has 6 nitrogen and oxygen atoms in total. The van der Waals surface area contributed by atoms with E-state index in [-0.39, 0.29) is 29.5 Å². The van der Waals surface area contributed by atoms with Crippen LogP contribution in [0.2, 0.25) is 0 Å². The number of sulfone groups is 1. The predicted molar refractivity (Wildman–Crippen MR) is 83.1 cm³/mol. The normalized spacial score (nSPS) is 27.0. The van der Waals surface area contributed by atoms with Gasteiger partial charge in [-0.3, -0.25) is 4.98 Å². The number of nitrogens with one attached hydrogen (secondary N) is 1. The van der Waals surface area contributed by atoms with Crippen molar-refractivity contribution in [3.63, 3.8) is 0 Å². The highest BCUT2D eigenvalue weighted by atomic mass is 32.2. The molecule has 2 saturated heterocycles. The number of aromatic nitrogens is 1. The number of hydrogen-bond donors (Lipinski definition) is 1. The molecular weight excluding hydrogens is 302 g/mol. The third kappa shape index (κ3) is 3.40. The first-order valence-corrected chi connectivity index (χ1v) is 9.52. The lowest BCUT2D eigenvalue weighted by molar-refractivity contribution is 0.191. The average Bonchev–Trinajstić information content (AvgIpc) is 3.12. The Hall–Kier alpha value is -1.63. The van der Waals surface area contributed by atoms with Crippen LogP contribution in [0.5, 0.6) is 0 Å². The fourth-order valence-corrected chi connectivity index (χ4v) is 5.17. The summed E-state index contributed by atoms with van der Waals surface area (Å²) < 4.78 is 22.9. The topological polar surface area (TPSA) is 79.4 Å². The van der Waals surface area contributed by atoms with E-state index >= 15 is 0 Å². The summed E-state index contributed by atoms with van der Waals surface area (Å²) in [5.74, 6) is 0.494. The van der Waals surface area contributed by atoms with Crippen LogP contribution >= 0.6 is 0 Å². The van der Waals surface area contributed by atoms with Gasteiger partial charge in [-0.15, -0.1) is 0 Å². The highest BCUT2D eigenvalue weighted by molar-refractivity contribution is 7.91. The van der Waals surface area contributed by atoms with Crippen molar-refractivity contribution < 1.29 is 13.2 Å². The fraction of sp³-hybridized carbons (Fsp3) is 0.600. The maximum atomic E-state index is 12.4. The van der Waals surface area contributed by atoms with Crippen LogP contribution in [0.3, 0.4) is 0 Å². The molecule has 3 rings (SSSR count). The van der Waals surface area contributed by atoms with Gasteiger partial charge in [-0.25, -0.2) is 13.2 Å². The smallest absolute Gasteiger partial charge is 0.317 e. The second-order valence-corrected chi connectivity index (χ2v) is 8.32. The van der Waals surface area contributed by atoms with E-state index in [1.165, 1.54) is 0 Å². The molecule has 2 aliphatic rings. The summed E-state index contributed by atoms with van der Waals surface area (Å²) >= 11 is 0. The Kier molecular flexibility index (Phi) is 4.33. The van der Waals surface area contributed by atoms with Gasteiger partial charge >= 0.3 is 6.03 Å². The molecule has 7 heteroatoms. The molecule has 0 saturated carbocycles. The SMILES string of the molecule is O=C(NC[C@H]1CCS(=O)(=O)C1)N1CCC[C@H]1c1ccncc1. The molecule has 0 unspecified atom stereocenters. The second-order valence-electron chi connectivity index (χ2n) is 6.09. The van der Waals surface area contributed by atoms with Gasteiger partial charge in [0.25, 0.3) is 0 Å². The summed E-state index contributed by atoms with van der Waals surface area (Å²) in [6.07, 6.45) is 6.07. The van der Waals surface area contributed by atoms with Crippen LogP contribution in [-0.2, 0) is 9.84 Å². The lowest BCUT2D eigenvalue weighted by Crippen LogP contribution is -2.41. The molecule has 2 atom stereocenters. The number of nitrogens with zero attached hydrogens (tertiary/aromatic N) is 2. The maximum Gasteiger partial charge on any atom is 0.317 e. The number of rotatable bonds is 3. The van der Waals surface area contributed by atoms with E-state index in [1.54, 1.807) is 12.4 Å². The first-order valence-electron chi connectivity index (χ1n) is 7.70. The predicted octanol–water partition coefficient (Wildman–Crippen LogP) is 1.36. The third-order valence-electron chi connectivity index (χ3n) is 4.47. The van der Waals surface area contributed by atoms with Crippen LogP contribution in [0.25, 0.3) is 0 Å². The summed E-state index contributed by atoms with van der Waals surface area (Å²) in [5.41, 5.74) is 1.10. The molecule has 0 radical (unpaired) electrons. The van der Waals surface area contributed by atoms with Gasteiger partial charge < -0.3 is 10.2 Å². The summed E-state index contributed by atoms with van der Waals surface area (Å²) in [6.45, 7) is 1.18. The standard InChI is InChI=1S/C15H21N3O3S/c19-15(17-10-12-5-9-22(20,21)11-12)18-8-1-2-14(18)13-3-6-16-7-4-13/h3-4,6-7,12,14H,1-2,5,8-11H2,(H,17,19)/t12-,14+/m1/s1. The average molecular weight is 323 g/mol. The minimum Gasteiger partial charge on any atom is -0.338 e. The van der Waals surface area contributed by atoms with E-state index in [1.807, 2.05) is 17.0 Å². The largest absolute Gasteiger partial charge is 0.338 e. The lowest BCUT2D eigenvalue weighted by atomic mass is 10.1. The minimum atomic E-state index is -2.89. The van der Waals surface area contributed by atoms with E-state index in [0.29, 0.717) is 13.0 Å². The number of carbonyl (C=O) groups is 1. The van der Waals surface area contributed by atoms with Gasteiger partial charge in [0.05, 0.1) is 17.5 Å². The Labute approximate surface area is 130 Å². The minimum absolute atomic E-state index is 0.0518.